The van der Waals surface area contributed by atoms with E-state index in [-0.39, 0.29) is 6.92 Å². The van der Waals surface area contributed by atoms with Gasteiger partial charge >= 0.3 is 6.92 Å². The van der Waals surface area contributed by atoms with Crippen molar-refractivity contribution in [3.63, 3.8) is 0 Å². The maximum Gasteiger partial charge on any atom is 0.434 e. The van der Waals surface area contributed by atoms with Gasteiger partial charge in [0.15, 0.2) is 0 Å². The van der Waals surface area contributed by atoms with Gasteiger partial charge in [-0.2, -0.15) is 0 Å². The number of benzene rings is 10. The van der Waals surface area contributed by atoms with Crippen molar-refractivity contribution in [2.45, 2.75) is 0 Å². The van der Waals surface area contributed by atoms with Crippen LogP contribution in [0.2, 0.25) is 0 Å². The molecule has 66 heavy (non-hydrogen) atoms. The smallest absolute Gasteiger partial charge is 0.434 e. The van der Waals surface area contributed by atoms with Crippen LogP contribution in [0.4, 0.5) is 0 Å². The van der Waals surface area contributed by atoms with Gasteiger partial charge in [-0.3, -0.25) is 0 Å². The van der Waals surface area contributed by atoms with Crippen LogP contribution in [0.25, 0.3) is 110 Å². The van der Waals surface area contributed by atoms with Gasteiger partial charge in [-0.1, -0.05) is 146 Å². The van der Waals surface area contributed by atoms with E-state index in [4.69, 9.17) is 13.8 Å². The Hall–Kier alpha value is -8.74. The maximum absolute atomic E-state index is 7.13. The highest BCUT2D eigenvalue weighted by atomic mass is 16.5. The van der Waals surface area contributed by atoms with Crippen LogP contribution in [0.3, 0.4) is 0 Å². The van der Waals surface area contributed by atoms with E-state index in [1.54, 1.807) is 0 Å². The zero-order valence-electron chi connectivity index (χ0n) is 35.4. The Morgan fingerprint density at radius 2 is 0.985 bits per heavy atom. The van der Waals surface area contributed by atoms with Gasteiger partial charge in [0.25, 0.3) is 0 Å². The summed E-state index contributed by atoms with van der Waals surface area (Å²) in [5.41, 5.74) is 17.1. The lowest BCUT2D eigenvalue weighted by molar-refractivity contribution is 0.479. The first-order chi connectivity index (χ1) is 32.7. The van der Waals surface area contributed by atoms with E-state index in [2.05, 4.69) is 197 Å². The largest absolute Gasteiger partial charge is 0.551 e. The number of hydrogen-bond acceptors (Lipinski definition) is 3. The molecule has 0 amide bonds. The fourth-order valence-electron chi connectivity index (χ4n) is 11.1. The van der Waals surface area contributed by atoms with Crippen LogP contribution >= 0.6 is 0 Å². The minimum atomic E-state index is -0.339. The summed E-state index contributed by atoms with van der Waals surface area (Å²) in [5, 5.41) is 7.12. The lowest BCUT2D eigenvalue weighted by Crippen LogP contribution is -2.53. The van der Waals surface area contributed by atoms with Crippen LogP contribution in [0, 0.1) is 0 Å². The third-order valence-corrected chi connectivity index (χ3v) is 14.0. The van der Waals surface area contributed by atoms with Gasteiger partial charge in [0.05, 0.1) is 27.8 Å². The molecule has 306 valence electrons. The van der Waals surface area contributed by atoms with E-state index >= 15 is 0 Å². The Balaban J connectivity index is 0.915. The molecule has 10 aromatic carbocycles. The van der Waals surface area contributed by atoms with Crippen LogP contribution in [0.5, 0.6) is 17.2 Å². The van der Waals surface area contributed by atoms with Crippen molar-refractivity contribution in [1.29, 1.82) is 0 Å². The third kappa shape index (κ3) is 5.01. The summed E-state index contributed by atoms with van der Waals surface area (Å²) in [5.74, 6) is 2.45. The number of para-hydroxylation sites is 6. The quantitative estimate of drug-likeness (QED) is 0.166. The number of hydrogen-bond donors (Lipinski definition) is 0. The summed E-state index contributed by atoms with van der Waals surface area (Å²) >= 11 is 0. The van der Waals surface area contributed by atoms with E-state index in [1.165, 1.54) is 32.6 Å². The fraction of sp³-hybridized carbons (Fsp3) is 0. The highest BCUT2D eigenvalue weighted by molar-refractivity contribution is 6.84. The topological polar surface area (TPSA) is 41.5 Å². The van der Waals surface area contributed by atoms with Crippen molar-refractivity contribution >= 4 is 83.4 Å². The Morgan fingerprint density at radius 1 is 0.348 bits per heavy atom. The molecular weight excluding hydrogens is 807 g/mol. The third-order valence-electron chi connectivity index (χ3n) is 14.0. The Bertz CT molecular complexity index is 4160. The van der Waals surface area contributed by atoms with Gasteiger partial charge in [-0.25, -0.2) is 0 Å². The SMILES string of the molecule is c1cc(-c2ccc3c(c2)OB2c4ccccc4Oc4cc(-n5c6ccccc6c6ccc(-n7c8ccccc8c8ccccc87)cc65)cc-3c42)cc(-c2cccc3c2oc2ccccc23)c1. The molecule has 0 bridgehead atoms. The molecule has 0 N–H and O–H groups in total. The van der Waals surface area contributed by atoms with Crippen LogP contribution in [-0.2, 0) is 0 Å². The molecular formula is C60H35BN2O3. The molecule has 6 heteroatoms. The number of ether oxygens (including phenoxy) is 1. The Kier molecular flexibility index (Phi) is 7.24. The van der Waals surface area contributed by atoms with Crippen molar-refractivity contribution in [1.82, 2.24) is 9.13 Å². The number of rotatable bonds is 4. The first-order valence-electron chi connectivity index (χ1n) is 22.5. The van der Waals surface area contributed by atoms with Crippen LogP contribution < -0.4 is 20.3 Å². The first-order valence-corrected chi connectivity index (χ1v) is 22.5. The van der Waals surface area contributed by atoms with Gasteiger partial charge < -0.3 is 22.9 Å². The van der Waals surface area contributed by atoms with Crippen LogP contribution in [-0.4, -0.2) is 16.0 Å². The van der Waals surface area contributed by atoms with E-state index in [9.17, 15) is 0 Å². The van der Waals surface area contributed by atoms with Crippen molar-refractivity contribution in [2.24, 2.45) is 0 Å². The fourth-order valence-corrected chi connectivity index (χ4v) is 11.1. The van der Waals surface area contributed by atoms with E-state index in [1.807, 2.05) is 24.3 Å². The molecule has 0 saturated heterocycles. The zero-order valence-corrected chi connectivity index (χ0v) is 35.4. The maximum atomic E-state index is 7.13. The predicted molar refractivity (Wildman–Crippen MR) is 271 cm³/mol. The van der Waals surface area contributed by atoms with Crippen molar-refractivity contribution in [2.75, 3.05) is 0 Å². The second-order valence-corrected chi connectivity index (χ2v) is 17.5. The highest BCUT2D eigenvalue weighted by Gasteiger charge is 2.41. The van der Waals surface area contributed by atoms with Gasteiger partial charge in [0.2, 0.25) is 0 Å². The second kappa shape index (κ2) is 13.4. The zero-order chi connectivity index (χ0) is 43.0. The molecule has 2 aliphatic rings. The molecule has 0 spiro atoms. The predicted octanol–water partition coefficient (Wildman–Crippen LogP) is 14.4. The lowest BCUT2D eigenvalue weighted by Gasteiger charge is -2.33. The highest BCUT2D eigenvalue weighted by Crippen LogP contribution is 2.45. The normalized spacial score (nSPS) is 12.8. The number of nitrogens with zero attached hydrogens (tertiary/aromatic N) is 2. The summed E-state index contributed by atoms with van der Waals surface area (Å²) in [4.78, 5) is 0. The van der Waals surface area contributed by atoms with Gasteiger partial charge in [-0.15, -0.1) is 0 Å². The molecule has 0 saturated carbocycles. The molecule has 0 radical (unpaired) electrons. The molecule has 3 aromatic heterocycles. The summed E-state index contributed by atoms with van der Waals surface area (Å²) in [6, 6.07) is 75.9. The van der Waals surface area contributed by atoms with Gasteiger partial charge in [0, 0.05) is 66.1 Å². The molecule has 15 rings (SSSR count). The van der Waals surface area contributed by atoms with E-state index < -0.39 is 0 Å². The Labute approximate surface area is 379 Å². The monoisotopic (exact) mass is 842 g/mol. The Morgan fingerprint density at radius 3 is 1.79 bits per heavy atom. The minimum Gasteiger partial charge on any atom is -0.551 e. The summed E-state index contributed by atoms with van der Waals surface area (Å²) < 4.78 is 25.3. The average Bonchev–Trinajstić information content (AvgIpc) is 4.04. The van der Waals surface area contributed by atoms with E-state index in [0.717, 1.165) is 106 Å². The summed E-state index contributed by atoms with van der Waals surface area (Å²) in [6.45, 7) is -0.339. The molecule has 0 fully saturated rings. The number of aromatic nitrogens is 2. The average molecular weight is 843 g/mol. The van der Waals surface area contributed by atoms with Crippen molar-refractivity contribution < 1.29 is 13.8 Å². The second-order valence-electron chi connectivity index (χ2n) is 17.5. The van der Waals surface area contributed by atoms with Crippen molar-refractivity contribution in [3.8, 4) is 62.0 Å². The molecule has 13 aromatic rings. The number of fused-ring (bicyclic) bond motifs is 13. The van der Waals surface area contributed by atoms with Gasteiger partial charge in [-0.05, 0) is 82.9 Å². The minimum absolute atomic E-state index is 0.339. The molecule has 2 aliphatic heterocycles. The molecule has 0 aliphatic carbocycles. The first kappa shape index (κ1) is 35.7. The summed E-state index contributed by atoms with van der Waals surface area (Å²) in [6.07, 6.45) is 0. The number of furan rings is 1. The standard InChI is InChI=1S/C60H35BN2O3/c1-6-22-51-42(15-1)43-16-2-7-23-52(43)62(51)39-28-30-45-44-17-3-8-24-53(44)63(54(45)34-39)40-33-49-47-29-27-37(32-57(47)66-61-50-21-5-10-26-56(50)64-58(35-40)59(49)61)36-13-11-14-38(31-36)41-19-12-20-48-46-18-4-9-25-55(46)65-60(41)48/h1-35H. The van der Waals surface area contributed by atoms with Crippen LogP contribution in [0.1, 0.15) is 0 Å². The van der Waals surface area contributed by atoms with Crippen LogP contribution in [0.15, 0.2) is 217 Å². The molecule has 5 heterocycles. The van der Waals surface area contributed by atoms with E-state index in [0.29, 0.717) is 0 Å². The molecule has 5 nitrogen and oxygen atoms in total. The van der Waals surface area contributed by atoms with Gasteiger partial charge in [0.1, 0.15) is 28.4 Å². The van der Waals surface area contributed by atoms with Crippen molar-refractivity contribution in [3.05, 3.63) is 212 Å². The molecule has 0 unspecified atom stereocenters. The summed E-state index contributed by atoms with van der Waals surface area (Å²) in [7, 11) is 0. The lowest BCUT2D eigenvalue weighted by atomic mass is 9.51. The molecule has 0 atom stereocenters.